The molecule has 4 nitrogen and oxygen atoms in total. The van der Waals surface area contributed by atoms with Gasteiger partial charge in [-0.15, -0.1) is 0 Å². The van der Waals surface area contributed by atoms with Crippen LogP contribution in [0.15, 0.2) is 12.7 Å². The zero-order valence-corrected chi connectivity index (χ0v) is 14.3. The Labute approximate surface area is 124 Å². The molecule has 0 aromatic rings. The van der Waals surface area contributed by atoms with Gasteiger partial charge < -0.3 is 13.3 Å². The van der Waals surface area contributed by atoms with Gasteiger partial charge in [-0.1, -0.05) is 53.0 Å². The highest BCUT2D eigenvalue weighted by Crippen LogP contribution is 2.18. The van der Waals surface area contributed by atoms with Crippen molar-refractivity contribution in [1.29, 1.82) is 0 Å². The Hall–Kier alpha value is -0.653. The average molecular weight is 302 g/mol. The SMILES string of the molecule is C=CC(=O)O[Si](CC)(OCCCCC)OCCCCC. The third-order valence-corrected chi connectivity index (χ3v) is 5.66. The summed E-state index contributed by atoms with van der Waals surface area (Å²) in [6, 6.07) is 0.602. The van der Waals surface area contributed by atoms with Crippen LogP contribution in [0.4, 0.5) is 0 Å². The lowest BCUT2D eigenvalue weighted by Crippen LogP contribution is -2.47. The van der Waals surface area contributed by atoms with E-state index in [1.165, 1.54) is 6.08 Å². The number of carbonyl (C=O) groups excluding carboxylic acids is 1. The first kappa shape index (κ1) is 19.3. The lowest BCUT2D eigenvalue weighted by molar-refractivity contribution is -0.133. The molecule has 0 aliphatic heterocycles. The van der Waals surface area contributed by atoms with Crippen molar-refractivity contribution in [3.8, 4) is 0 Å². The van der Waals surface area contributed by atoms with Crippen molar-refractivity contribution in [1.82, 2.24) is 0 Å². The van der Waals surface area contributed by atoms with Gasteiger partial charge in [-0.2, -0.15) is 0 Å². The van der Waals surface area contributed by atoms with Gasteiger partial charge in [0.25, 0.3) is 0 Å². The van der Waals surface area contributed by atoms with Crippen LogP contribution in [0.25, 0.3) is 0 Å². The third kappa shape index (κ3) is 8.50. The first-order chi connectivity index (χ1) is 9.64. The highest BCUT2D eigenvalue weighted by molar-refractivity contribution is 6.62. The van der Waals surface area contributed by atoms with E-state index in [4.69, 9.17) is 13.3 Å². The van der Waals surface area contributed by atoms with Crippen molar-refractivity contribution in [2.24, 2.45) is 0 Å². The zero-order valence-electron chi connectivity index (χ0n) is 13.3. The molecule has 0 unspecified atom stereocenters. The van der Waals surface area contributed by atoms with E-state index in [0.717, 1.165) is 38.5 Å². The van der Waals surface area contributed by atoms with Crippen LogP contribution >= 0.6 is 0 Å². The van der Waals surface area contributed by atoms with Crippen molar-refractivity contribution in [2.75, 3.05) is 13.2 Å². The topological polar surface area (TPSA) is 44.8 Å². The van der Waals surface area contributed by atoms with Crippen molar-refractivity contribution < 1.29 is 18.1 Å². The maximum atomic E-state index is 11.5. The predicted molar refractivity (Wildman–Crippen MR) is 83.5 cm³/mol. The Morgan fingerprint density at radius 1 is 1.00 bits per heavy atom. The number of hydrogen-bond acceptors (Lipinski definition) is 4. The van der Waals surface area contributed by atoms with Crippen LogP contribution in [-0.2, 0) is 18.1 Å². The molecule has 0 heterocycles. The lowest BCUT2D eigenvalue weighted by Gasteiger charge is -2.27. The second-order valence-electron chi connectivity index (χ2n) is 4.77. The van der Waals surface area contributed by atoms with Gasteiger partial charge >= 0.3 is 14.8 Å². The average Bonchev–Trinajstić information content (AvgIpc) is 2.47. The molecule has 0 aliphatic carbocycles. The molecule has 0 fully saturated rings. The normalized spacial score (nSPS) is 11.3. The van der Waals surface area contributed by atoms with Gasteiger partial charge in [0.05, 0.1) is 0 Å². The predicted octanol–water partition coefficient (Wildman–Crippen LogP) is 4.09. The smallest absolute Gasteiger partial charge is 0.470 e. The summed E-state index contributed by atoms with van der Waals surface area (Å²) in [7, 11) is -2.87. The van der Waals surface area contributed by atoms with Gasteiger partial charge in [-0.3, -0.25) is 0 Å². The summed E-state index contributed by atoms with van der Waals surface area (Å²) in [6.45, 7) is 10.8. The highest BCUT2D eigenvalue weighted by atomic mass is 28.4. The van der Waals surface area contributed by atoms with E-state index in [-0.39, 0.29) is 0 Å². The van der Waals surface area contributed by atoms with E-state index in [1.54, 1.807) is 0 Å². The Balaban J connectivity index is 4.43. The van der Waals surface area contributed by atoms with Crippen LogP contribution in [0.5, 0.6) is 0 Å². The number of hydrogen-bond donors (Lipinski definition) is 0. The number of unbranched alkanes of at least 4 members (excludes halogenated alkanes) is 4. The minimum atomic E-state index is -2.87. The van der Waals surface area contributed by atoms with E-state index in [1.807, 2.05) is 6.92 Å². The van der Waals surface area contributed by atoms with E-state index < -0.39 is 14.8 Å². The van der Waals surface area contributed by atoms with Gasteiger partial charge in [0, 0.05) is 25.3 Å². The van der Waals surface area contributed by atoms with Crippen LogP contribution in [0, 0.1) is 0 Å². The molecule has 0 saturated carbocycles. The zero-order chi connectivity index (χ0) is 15.3. The lowest BCUT2D eigenvalue weighted by atomic mass is 10.3. The molecule has 0 aromatic heterocycles. The fourth-order valence-electron chi connectivity index (χ4n) is 1.73. The van der Waals surface area contributed by atoms with Crippen molar-refractivity contribution in [3.05, 3.63) is 12.7 Å². The summed E-state index contributed by atoms with van der Waals surface area (Å²) < 4.78 is 17.2. The van der Waals surface area contributed by atoms with Gasteiger partial charge in [0.2, 0.25) is 0 Å². The first-order valence-corrected chi connectivity index (χ1v) is 9.70. The summed E-state index contributed by atoms with van der Waals surface area (Å²) in [4.78, 5) is 11.5. The van der Waals surface area contributed by atoms with Crippen LogP contribution in [0.1, 0.15) is 59.3 Å². The van der Waals surface area contributed by atoms with Crippen molar-refractivity contribution in [3.63, 3.8) is 0 Å². The van der Waals surface area contributed by atoms with Crippen LogP contribution in [0.2, 0.25) is 6.04 Å². The molecule has 0 atom stereocenters. The minimum Gasteiger partial charge on any atom is -0.470 e. The maximum Gasteiger partial charge on any atom is 0.567 e. The Morgan fingerprint density at radius 2 is 1.50 bits per heavy atom. The van der Waals surface area contributed by atoms with Crippen molar-refractivity contribution in [2.45, 2.75) is 65.3 Å². The van der Waals surface area contributed by atoms with Crippen LogP contribution in [0.3, 0.4) is 0 Å². The summed E-state index contributed by atoms with van der Waals surface area (Å²) in [5.74, 6) is -0.454. The monoisotopic (exact) mass is 302 g/mol. The van der Waals surface area contributed by atoms with Crippen LogP contribution in [-0.4, -0.2) is 28.0 Å². The van der Waals surface area contributed by atoms with Crippen LogP contribution < -0.4 is 0 Å². The molecule has 0 rings (SSSR count). The quantitative estimate of drug-likeness (QED) is 0.292. The second kappa shape index (κ2) is 12.1. The molecule has 20 heavy (non-hydrogen) atoms. The molecule has 0 N–H and O–H groups in total. The minimum absolute atomic E-state index is 0.454. The molecule has 0 spiro atoms. The molecular weight excluding hydrogens is 272 g/mol. The van der Waals surface area contributed by atoms with Gasteiger partial charge in [0.1, 0.15) is 0 Å². The van der Waals surface area contributed by atoms with E-state index in [2.05, 4.69) is 20.4 Å². The summed E-state index contributed by atoms with van der Waals surface area (Å²) in [5, 5.41) is 0. The van der Waals surface area contributed by atoms with Gasteiger partial charge in [0.15, 0.2) is 0 Å². The molecule has 0 amide bonds. The molecule has 0 saturated heterocycles. The van der Waals surface area contributed by atoms with Crippen molar-refractivity contribution >= 4 is 14.8 Å². The fraction of sp³-hybridized carbons (Fsp3) is 0.800. The summed E-state index contributed by atoms with van der Waals surface area (Å²) >= 11 is 0. The molecule has 0 aromatic carbocycles. The molecule has 0 bridgehead atoms. The van der Waals surface area contributed by atoms with E-state index in [9.17, 15) is 4.79 Å². The van der Waals surface area contributed by atoms with E-state index >= 15 is 0 Å². The summed E-state index contributed by atoms with van der Waals surface area (Å²) in [6.07, 6.45) is 7.59. The maximum absolute atomic E-state index is 11.5. The molecule has 0 aliphatic rings. The number of carbonyl (C=O) groups is 1. The Morgan fingerprint density at radius 3 is 1.85 bits per heavy atom. The Bertz CT molecular complexity index is 257. The third-order valence-electron chi connectivity index (χ3n) is 3.00. The molecule has 5 heteroatoms. The standard InChI is InChI=1S/C15H30O4Si/c1-5-9-11-13-17-20(8-4,19-15(16)7-3)18-14-12-10-6-2/h7H,3,5-6,8-14H2,1-2,4H3. The Kier molecular flexibility index (Phi) is 11.7. The summed E-state index contributed by atoms with van der Waals surface area (Å²) in [5.41, 5.74) is 0. The second-order valence-corrected chi connectivity index (χ2v) is 7.63. The molecule has 0 radical (unpaired) electrons. The molecule has 118 valence electrons. The van der Waals surface area contributed by atoms with Gasteiger partial charge in [-0.05, 0) is 12.8 Å². The van der Waals surface area contributed by atoms with E-state index in [0.29, 0.717) is 19.3 Å². The first-order valence-electron chi connectivity index (χ1n) is 7.77. The largest absolute Gasteiger partial charge is 0.567 e. The molecular formula is C15H30O4Si. The highest BCUT2D eigenvalue weighted by Gasteiger charge is 2.42. The number of rotatable bonds is 13. The fourth-order valence-corrected chi connectivity index (χ4v) is 3.79. The van der Waals surface area contributed by atoms with Gasteiger partial charge in [-0.25, -0.2) is 4.79 Å².